The highest BCUT2D eigenvalue weighted by Crippen LogP contribution is 2.28. The van der Waals surface area contributed by atoms with Crippen LogP contribution in [0.1, 0.15) is 30.9 Å². The highest BCUT2D eigenvalue weighted by Gasteiger charge is 2.50. The second kappa shape index (κ2) is 13.0. The Morgan fingerprint density at radius 1 is 1.03 bits per heavy atom. The van der Waals surface area contributed by atoms with Gasteiger partial charge in [-0.25, -0.2) is 14.8 Å². The summed E-state index contributed by atoms with van der Waals surface area (Å²) in [5.74, 6) is 0.659. The molecule has 0 radical (unpaired) electrons. The SMILES string of the molecule is CCN1CC(=O)N2[C@@H](CCSC)C(=O)N(CCCc3ccccc3)C[C@@H]2N1C(=O)NCc1ccccc1. The van der Waals surface area contributed by atoms with Gasteiger partial charge in [-0.2, -0.15) is 11.8 Å². The quantitative estimate of drug-likeness (QED) is 0.518. The second-order valence-corrected chi connectivity index (χ2v) is 10.4. The molecule has 2 aromatic carbocycles. The van der Waals surface area contributed by atoms with E-state index >= 15 is 0 Å². The zero-order valence-corrected chi connectivity index (χ0v) is 22.5. The minimum atomic E-state index is -0.557. The van der Waals surface area contributed by atoms with Crippen molar-refractivity contribution in [2.24, 2.45) is 0 Å². The number of hydrazine groups is 1. The van der Waals surface area contributed by atoms with Gasteiger partial charge in [0, 0.05) is 19.6 Å². The number of hydrogen-bond donors (Lipinski definition) is 1. The Morgan fingerprint density at radius 2 is 1.70 bits per heavy atom. The van der Waals surface area contributed by atoms with E-state index in [1.165, 1.54) is 5.56 Å². The van der Waals surface area contributed by atoms with E-state index in [0.717, 1.165) is 24.2 Å². The zero-order chi connectivity index (χ0) is 26.2. The normalized spacial score (nSPS) is 20.2. The van der Waals surface area contributed by atoms with Gasteiger partial charge in [0.1, 0.15) is 12.2 Å². The van der Waals surface area contributed by atoms with Crippen LogP contribution in [-0.2, 0) is 22.6 Å². The van der Waals surface area contributed by atoms with Crippen LogP contribution in [-0.4, -0.2) is 88.1 Å². The molecule has 2 saturated heterocycles. The summed E-state index contributed by atoms with van der Waals surface area (Å²) in [5.41, 5.74) is 2.24. The maximum absolute atomic E-state index is 13.6. The Balaban J connectivity index is 1.54. The number of aryl methyl sites for hydroxylation is 1. The summed E-state index contributed by atoms with van der Waals surface area (Å²) in [7, 11) is 0. The van der Waals surface area contributed by atoms with Crippen molar-refractivity contribution in [3.05, 3.63) is 71.8 Å². The Bertz CT molecular complexity index is 1050. The number of amides is 4. The third-order valence-corrected chi connectivity index (χ3v) is 7.67. The first-order valence-electron chi connectivity index (χ1n) is 13.0. The first-order chi connectivity index (χ1) is 18.0. The molecule has 198 valence electrons. The van der Waals surface area contributed by atoms with Crippen molar-refractivity contribution in [3.8, 4) is 0 Å². The highest BCUT2D eigenvalue weighted by molar-refractivity contribution is 7.98. The predicted octanol–water partition coefficient (Wildman–Crippen LogP) is 3.20. The second-order valence-electron chi connectivity index (χ2n) is 9.42. The number of piperazine rings is 1. The third kappa shape index (κ3) is 6.45. The van der Waals surface area contributed by atoms with Crippen LogP contribution < -0.4 is 5.32 Å². The molecule has 4 amide bonds. The molecule has 2 atom stereocenters. The van der Waals surface area contributed by atoms with Gasteiger partial charge in [0.2, 0.25) is 11.8 Å². The van der Waals surface area contributed by atoms with E-state index in [0.29, 0.717) is 32.6 Å². The van der Waals surface area contributed by atoms with Crippen LogP contribution in [0.25, 0.3) is 0 Å². The van der Waals surface area contributed by atoms with Crippen LogP contribution in [0.4, 0.5) is 4.79 Å². The maximum atomic E-state index is 13.6. The molecule has 0 aromatic heterocycles. The summed E-state index contributed by atoms with van der Waals surface area (Å²) in [5, 5.41) is 6.50. The van der Waals surface area contributed by atoms with Gasteiger partial charge in [-0.05, 0) is 42.4 Å². The van der Waals surface area contributed by atoms with E-state index in [9.17, 15) is 14.4 Å². The topological polar surface area (TPSA) is 76.2 Å². The average Bonchev–Trinajstić information content (AvgIpc) is 2.92. The molecule has 0 unspecified atom stereocenters. The molecule has 0 aliphatic carbocycles. The molecule has 2 fully saturated rings. The molecule has 8 nitrogen and oxygen atoms in total. The van der Waals surface area contributed by atoms with Crippen molar-refractivity contribution in [1.82, 2.24) is 25.1 Å². The molecule has 37 heavy (non-hydrogen) atoms. The molecule has 2 heterocycles. The van der Waals surface area contributed by atoms with E-state index in [1.54, 1.807) is 26.7 Å². The number of thioether (sulfide) groups is 1. The van der Waals surface area contributed by atoms with Gasteiger partial charge in [-0.1, -0.05) is 67.6 Å². The van der Waals surface area contributed by atoms with Crippen molar-refractivity contribution in [3.63, 3.8) is 0 Å². The smallest absolute Gasteiger partial charge is 0.334 e. The van der Waals surface area contributed by atoms with E-state index < -0.39 is 12.2 Å². The van der Waals surface area contributed by atoms with E-state index in [-0.39, 0.29) is 24.4 Å². The lowest BCUT2D eigenvalue weighted by atomic mass is 10.0. The number of benzene rings is 2. The van der Waals surface area contributed by atoms with Gasteiger partial charge < -0.3 is 15.1 Å². The number of hydrogen-bond acceptors (Lipinski definition) is 5. The largest absolute Gasteiger partial charge is 0.337 e. The summed E-state index contributed by atoms with van der Waals surface area (Å²) < 4.78 is 0. The van der Waals surface area contributed by atoms with Crippen molar-refractivity contribution in [2.75, 3.05) is 38.2 Å². The fourth-order valence-electron chi connectivity index (χ4n) is 5.14. The lowest BCUT2D eigenvalue weighted by Gasteiger charge is -2.55. The molecule has 2 aliphatic rings. The first-order valence-corrected chi connectivity index (χ1v) is 14.4. The molecule has 2 aromatic rings. The Kier molecular flexibility index (Phi) is 9.46. The Labute approximate surface area is 223 Å². The fourth-order valence-corrected chi connectivity index (χ4v) is 5.60. The number of fused-ring (bicyclic) bond motifs is 1. The van der Waals surface area contributed by atoms with Crippen LogP contribution in [0, 0.1) is 0 Å². The van der Waals surface area contributed by atoms with Gasteiger partial charge >= 0.3 is 6.03 Å². The number of rotatable bonds is 10. The number of carbonyl (C=O) groups is 3. The summed E-state index contributed by atoms with van der Waals surface area (Å²) in [4.78, 5) is 44.0. The van der Waals surface area contributed by atoms with Crippen molar-refractivity contribution in [2.45, 2.75) is 44.9 Å². The molecule has 0 bridgehead atoms. The Hall–Kier alpha value is -3.04. The van der Waals surface area contributed by atoms with Crippen LogP contribution in [0.5, 0.6) is 0 Å². The highest BCUT2D eigenvalue weighted by atomic mass is 32.2. The molecular weight excluding hydrogens is 486 g/mol. The van der Waals surface area contributed by atoms with Crippen LogP contribution in [0.15, 0.2) is 60.7 Å². The maximum Gasteiger partial charge on any atom is 0.334 e. The number of carbonyl (C=O) groups excluding carboxylic acids is 3. The minimum Gasteiger partial charge on any atom is -0.337 e. The molecule has 9 heteroatoms. The number of nitrogens with zero attached hydrogens (tertiary/aromatic N) is 4. The van der Waals surface area contributed by atoms with Crippen LogP contribution >= 0.6 is 11.8 Å². The predicted molar refractivity (Wildman–Crippen MR) is 147 cm³/mol. The molecular formula is C28H37N5O3S. The molecule has 0 spiro atoms. The number of nitrogens with one attached hydrogen (secondary N) is 1. The van der Waals surface area contributed by atoms with Crippen LogP contribution in [0.3, 0.4) is 0 Å². The summed E-state index contributed by atoms with van der Waals surface area (Å²) >= 11 is 1.66. The monoisotopic (exact) mass is 523 g/mol. The van der Waals surface area contributed by atoms with Gasteiger partial charge in [-0.3, -0.25) is 9.59 Å². The van der Waals surface area contributed by atoms with E-state index in [1.807, 2.05) is 66.6 Å². The van der Waals surface area contributed by atoms with Gasteiger partial charge in [-0.15, -0.1) is 0 Å². The minimum absolute atomic E-state index is 0.0127. The lowest BCUT2D eigenvalue weighted by molar-refractivity contribution is -0.190. The lowest BCUT2D eigenvalue weighted by Crippen LogP contribution is -2.76. The third-order valence-electron chi connectivity index (χ3n) is 7.02. The van der Waals surface area contributed by atoms with Crippen molar-refractivity contribution in [1.29, 1.82) is 0 Å². The van der Waals surface area contributed by atoms with Crippen molar-refractivity contribution >= 4 is 29.6 Å². The molecule has 2 aliphatic heterocycles. The van der Waals surface area contributed by atoms with Crippen LogP contribution in [0.2, 0.25) is 0 Å². The Morgan fingerprint density at radius 3 is 2.35 bits per heavy atom. The summed E-state index contributed by atoms with van der Waals surface area (Å²) in [6.45, 7) is 3.84. The first kappa shape index (κ1) is 27.0. The standard InChI is InChI=1S/C28H37N5O3S/c1-3-31-21-26(34)32-24(16-18-37-2)27(35)30(17-10-15-22-11-6-4-7-12-22)20-25(32)33(31)28(36)29-19-23-13-8-5-9-14-23/h4-9,11-14,24-25H,3,10,15-21H2,1-2H3,(H,29,36)/t24-,25-/m0/s1. The van der Waals surface area contributed by atoms with Gasteiger partial charge in [0.25, 0.3) is 0 Å². The van der Waals surface area contributed by atoms with E-state index in [2.05, 4.69) is 17.4 Å². The van der Waals surface area contributed by atoms with E-state index in [4.69, 9.17) is 0 Å². The van der Waals surface area contributed by atoms with Gasteiger partial charge in [0.05, 0.1) is 13.1 Å². The van der Waals surface area contributed by atoms with Crippen molar-refractivity contribution < 1.29 is 14.4 Å². The molecule has 4 rings (SSSR count). The molecule has 1 N–H and O–H groups in total. The van der Waals surface area contributed by atoms with Gasteiger partial charge in [0.15, 0.2) is 0 Å². The number of urea groups is 1. The zero-order valence-electron chi connectivity index (χ0n) is 21.7. The summed E-state index contributed by atoms with van der Waals surface area (Å²) in [6.07, 6.45) is 3.74. The average molecular weight is 524 g/mol. The molecule has 0 saturated carbocycles. The fraction of sp³-hybridized carbons (Fsp3) is 0.464. The summed E-state index contributed by atoms with van der Waals surface area (Å²) in [6, 6.07) is 19.2. The number of likely N-dealkylation sites (N-methyl/N-ethyl adjacent to an activating group) is 1.